The van der Waals surface area contributed by atoms with E-state index in [2.05, 4.69) is 20.5 Å². The van der Waals surface area contributed by atoms with E-state index < -0.39 is 0 Å². The number of nitrogens with one attached hydrogen (secondary N) is 1. The van der Waals surface area contributed by atoms with E-state index >= 15 is 0 Å². The van der Waals surface area contributed by atoms with Crippen LogP contribution in [0.2, 0.25) is 0 Å². The van der Waals surface area contributed by atoms with Gasteiger partial charge in [0.25, 0.3) is 0 Å². The second-order valence-corrected chi connectivity index (χ2v) is 11.1. The van der Waals surface area contributed by atoms with Crippen molar-refractivity contribution in [1.82, 2.24) is 15.2 Å². The number of hydrogen-bond donors (Lipinski definition) is 1. The number of benzene rings is 1. The average Bonchev–Trinajstić information content (AvgIpc) is 3.49. The topological polar surface area (TPSA) is 105 Å². The number of hydrogen-bond acceptors (Lipinski definition) is 9. The third-order valence-electron chi connectivity index (χ3n) is 5.79. The molecule has 1 aromatic carbocycles. The van der Waals surface area contributed by atoms with Gasteiger partial charge in [0.1, 0.15) is 5.01 Å². The van der Waals surface area contributed by atoms with Crippen LogP contribution in [0.3, 0.4) is 0 Å². The largest absolute Gasteiger partial charge is 0.300 e. The standard InChI is InChI=1S/C21H21N5O3S3/c1-2-17-24-25-20(32-17)23-16(27)10-30-21-22-14-8-7-11(9-15(14)31-21)26-18(28)12-5-3-4-6-13(12)19(26)29/h7-9,12-13H,2-6,10H2,1H3,(H,23,25,27)/t12-,13-/m0/s1. The maximum Gasteiger partial charge on any atom is 0.237 e. The molecule has 0 unspecified atom stereocenters. The Kier molecular flexibility index (Phi) is 5.95. The lowest BCUT2D eigenvalue weighted by Gasteiger charge is -2.19. The lowest BCUT2D eigenvalue weighted by atomic mass is 9.81. The summed E-state index contributed by atoms with van der Waals surface area (Å²) in [5.41, 5.74) is 1.40. The zero-order valence-corrected chi connectivity index (χ0v) is 19.8. The van der Waals surface area contributed by atoms with Crippen molar-refractivity contribution in [2.75, 3.05) is 16.0 Å². The molecule has 3 aromatic rings. The van der Waals surface area contributed by atoms with Crippen molar-refractivity contribution in [1.29, 1.82) is 0 Å². The number of thioether (sulfide) groups is 1. The van der Waals surface area contributed by atoms with Crippen LogP contribution in [-0.4, -0.2) is 38.7 Å². The Bertz CT molecular complexity index is 1180. The second-order valence-electron chi connectivity index (χ2n) is 7.83. The first-order valence-electron chi connectivity index (χ1n) is 10.6. The highest BCUT2D eigenvalue weighted by atomic mass is 32.2. The van der Waals surface area contributed by atoms with E-state index in [4.69, 9.17) is 0 Å². The molecule has 1 saturated carbocycles. The van der Waals surface area contributed by atoms with E-state index in [0.29, 0.717) is 10.8 Å². The highest BCUT2D eigenvalue weighted by molar-refractivity contribution is 8.01. The summed E-state index contributed by atoms with van der Waals surface area (Å²) in [6, 6.07) is 5.48. The fourth-order valence-corrected chi connectivity index (χ4v) is 6.84. The van der Waals surface area contributed by atoms with Gasteiger partial charge >= 0.3 is 0 Å². The van der Waals surface area contributed by atoms with Crippen molar-refractivity contribution in [3.8, 4) is 0 Å². The van der Waals surface area contributed by atoms with Gasteiger partial charge in [-0.3, -0.25) is 24.6 Å². The van der Waals surface area contributed by atoms with Crippen molar-refractivity contribution in [3.05, 3.63) is 23.2 Å². The van der Waals surface area contributed by atoms with Crippen LogP contribution in [-0.2, 0) is 20.8 Å². The Morgan fingerprint density at radius 1 is 1.16 bits per heavy atom. The number of fused-ring (bicyclic) bond motifs is 2. The minimum atomic E-state index is -0.167. The molecule has 166 valence electrons. The molecular weight excluding hydrogens is 466 g/mol. The van der Waals surface area contributed by atoms with Crippen molar-refractivity contribution in [2.24, 2.45) is 11.8 Å². The minimum Gasteiger partial charge on any atom is -0.300 e. The summed E-state index contributed by atoms with van der Waals surface area (Å²) >= 11 is 4.17. The maximum absolute atomic E-state index is 12.9. The fourth-order valence-electron chi connectivity index (χ4n) is 4.24. The van der Waals surface area contributed by atoms with Crippen LogP contribution in [0.1, 0.15) is 37.6 Å². The van der Waals surface area contributed by atoms with E-state index in [0.717, 1.165) is 51.7 Å². The van der Waals surface area contributed by atoms with Crippen LogP contribution < -0.4 is 10.2 Å². The van der Waals surface area contributed by atoms with Crippen molar-refractivity contribution < 1.29 is 14.4 Å². The molecule has 1 aliphatic heterocycles. The third kappa shape index (κ3) is 4.04. The quantitative estimate of drug-likeness (QED) is 0.412. The summed E-state index contributed by atoms with van der Waals surface area (Å²) in [4.78, 5) is 43.9. The average molecular weight is 488 g/mol. The van der Waals surface area contributed by atoms with Gasteiger partial charge in [0.05, 0.1) is 33.5 Å². The van der Waals surface area contributed by atoms with Gasteiger partial charge in [-0.05, 0) is 37.5 Å². The number of rotatable bonds is 6. The van der Waals surface area contributed by atoms with Gasteiger partial charge < -0.3 is 0 Å². The molecule has 3 amide bonds. The summed E-state index contributed by atoms with van der Waals surface area (Å²) in [7, 11) is 0. The van der Waals surface area contributed by atoms with Crippen LogP contribution in [0.4, 0.5) is 10.8 Å². The van der Waals surface area contributed by atoms with Gasteiger partial charge in [-0.25, -0.2) is 4.98 Å². The number of carbonyl (C=O) groups is 3. The fraction of sp³-hybridized carbons (Fsp3) is 0.429. The number of carbonyl (C=O) groups excluding carboxylic acids is 3. The van der Waals surface area contributed by atoms with Crippen LogP contribution >= 0.6 is 34.4 Å². The summed E-state index contributed by atoms with van der Waals surface area (Å²) in [5.74, 6) is -0.431. The van der Waals surface area contributed by atoms with Crippen molar-refractivity contribution in [2.45, 2.75) is 43.4 Å². The van der Waals surface area contributed by atoms with E-state index in [9.17, 15) is 14.4 Å². The Hall–Kier alpha value is -2.37. The van der Waals surface area contributed by atoms with E-state index in [1.165, 1.54) is 39.3 Å². The number of aryl methyl sites for hydroxylation is 1. The van der Waals surface area contributed by atoms with Gasteiger partial charge in [0.15, 0.2) is 4.34 Å². The Morgan fingerprint density at radius 2 is 1.91 bits per heavy atom. The van der Waals surface area contributed by atoms with Gasteiger partial charge in [0.2, 0.25) is 22.9 Å². The first-order chi connectivity index (χ1) is 15.5. The highest BCUT2D eigenvalue weighted by Gasteiger charge is 2.48. The molecule has 3 heterocycles. The molecule has 5 rings (SSSR count). The van der Waals surface area contributed by atoms with Crippen LogP contribution in [0.5, 0.6) is 0 Å². The van der Waals surface area contributed by atoms with Crippen LogP contribution in [0.25, 0.3) is 10.2 Å². The lowest BCUT2D eigenvalue weighted by Crippen LogP contribution is -2.30. The zero-order valence-electron chi connectivity index (χ0n) is 17.4. The predicted molar refractivity (Wildman–Crippen MR) is 126 cm³/mol. The summed E-state index contributed by atoms with van der Waals surface area (Å²) in [6.45, 7) is 1.99. The molecular formula is C21H21N5O3S3. The maximum atomic E-state index is 12.9. The van der Waals surface area contributed by atoms with Crippen LogP contribution in [0, 0.1) is 11.8 Å². The van der Waals surface area contributed by atoms with Crippen LogP contribution in [0.15, 0.2) is 22.5 Å². The number of nitrogens with zero attached hydrogens (tertiary/aromatic N) is 4. The second kappa shape index (κ2) is 8.87. The molecule has 1 aliphatic carbocycles. The molecule has 0 radical (unpaired) electrons. The molecule has 1 saturated heterocycles. The zero-order chi connectivity index (χ0) is 22.2. The normalized spacial score (nSPS) is 20.7. The summed E-state index contributed by atoms with van der Waals surface area (Å²) in [6.07, 6.45) is 4.40. The highest BCUT2D eigenvalue weighted by Crippen LogP contribution is 2.41. The summed E-state index contributed by atoms with van der Waals surface area (Å²) < 4.78 is 1.64. The molecule has 2 aromatic heterocycles. The number of aromatic nitrogens is 3. The van der Waals surface area contributed by atoms with Gasteiger partial charge in [-0.2, -0.15) is 0 Å². The molecule has 1 N–H and O–H groups in total. The molecule has 32 heavy (non-hydrogen) atoms. The van der Waals surface area contributed by atoms with E-state index in [1.807, 2.05) is 19.1 Å². The van der Waals surface area contributed by atoms with Gasteiger partial charge in [0, 0.05) is 0 Å². The SMILES string of the molecule is CCc1nnc(NC(=O)CSc2nc3ccc(N4C(=O)[C@H]5CCCC[C@@H]5C4=O)cc3s2)s1. The third-order valence-corrected chi connectivity index (χ3v) is 8.94. The molecule has 8 nitrogen and oxygen atoms in total. The monoisotopic (exact) mass is 487 g/mol. The van der Waals surface area contributed by atoms with Gasteiger partial charge in [-0.15, -0.1) is 21.5 Å². The van der Waals surface area contributed by atoms with Crippen molar-refractivity contribution in [3.63, 3.8) is 0 Å². The van der Waals surface area contributed by atoms with E-state index in [1.54, 1.807) is 6.07 Å². The summed E-state index contributed by atoms with van der Waals surface area (Å²) in [5, 5.41) is 12.1. The smallest absolute Gasteiger partial charge is 0.237 e. The number of thiazole rings is 1. The van der Waals surface area contributed by atoms with Gasteiger partial charge in [-0.1, -0.05) is 42.9 Å². The molecule has 0 bridgehead atoms. The molecule has 2 fully saturated rings. The number of imide groups is 1. The van der Waals surface area contributed by atoms with Crippen molar-refractivity contribution >= 4 is 73.2 Å². The lowest BCUT2D eigenvalue weighted by molar-refractivity contribution is -0.122. The predicted octanol–water partition coefficient (Wildman–Crippen LogP) is 4.12. The first kappa shape index (κ1) is 21.5. The Labute approximate surface area is 196 Å². The number of anilines is 2. The minimum absolute atomic E-state index is 0.0715. The molecule has 2 atom stereocenters. The molecule has 0 spiro atoms. The number of amides is 3. The Morgan fingerprint density at radius 3 is 2.59 bits per heavy atom. The Balaban J connectivity index is 1.27. The van der Waals surface area contributed by atoms with E-state index in [-0.39, 0.29) is 35.3 Å². The first-order valence-corrected chi connectivity index (χ1v) is 13.2. The molecule has 2 aliphatic rings. The molecule has 11 heteroatoms.